The van der Waals surface area contributed by atoms with E-state index in [-0.39, 0.29) is 19.4 Å². The first-order valence-electron chi connectivity index (χ1n) is 7.29. The molecule has 0 aliphatic heterocycles. The van der Waals surface area contributed by atoms with E-state index in [4.69, 9.17) is 10.2 Å². The number of nitrogens with two attached hydrogens (primary N) is 1. The summed E-state index contributed by atoms with van der Waals surface area (Å²) >= 11 is 0. The first-order chi connectivity index (χ1) is 9.78. The van der Waals surface area contributed by atoms with E-state index >= 15 is 0 Å². The van der Waals surface area contributed by atoms with Gasteiger partial charge in [-0.1, -0.05) is 6.42 Å². The Morgan fingerprint density at radius 2 is 2.19 bits per heavy atom. The zero-order chi connectivity index (χ0) is 15.7. The van der Waals surface area contributed by atoms with Crippen LogP contribution in [0, 0.1) is 12.8 Å². The molecule has 1 aromatic rings. The lowest BCUT2D eigenvalue weighted by atomic mass is 9.74. The fourth-order valence-electron chi connectivity index (χ4n) is 3.31. The largest absolute Gasteiger partial charge is 0.469 e. The van der Waals surface area contributed by atoms with Crippen LogP contribution in [0.25, 0.3) is 0 Å². The van der Waals surface area contributed by atoms with E-state index in [1.165, 1.54) is 0 Å². The zero-order valence-electron chi connectivity index (χ0n) is 12.5. The van der Waals surface area contributed by atoms with E-state index in [0.717, 1.165) is 11.3 Å². The average Bonchev–Trinajstić information content (AvgIpc) is 2.83. The van der Waals surface area contributed by atoms with Crippen molar-refractivity contribution >= 4 is 0 Å². The second kappa shape index (κ2) is 6.01. The van der Waals surface area contributed by atoms with Crippen LogP contribution in [-0.2, 0) is 6.54 Å². The summed E-state index contributed by atoms with van der Waals surface area (Å²) < 4.78 is 44.4. The van der Waals surface area contributed by atoms with Gasteiger partial charge in [0.15, 0.2) is 0 Å². The van der Waals surface area contributed by atoms with Gasteiger partial charge in [-0.05, 0) is 39.3 Å². The summed E-state index contributed by atoms with van der Waals surface area (Å²) in [7, 11) is 1.86. The maximum Gasteiger partial charge on any atom is 0.391 e. The van der Waals surface area contributed by atoms with Gasteiger partial charge in [-0.25, -0.2) is 0 Å². The molecule has 1 heterocycles. The van der Waals surface area contributed by atoms with Gasteiger partial charge in [-0.3, -0.25) is 4.90 Å². The molecule has 0 radical (unpaired) electrons. The summed E-state index contributed by atoms with van der Waals surface area (Å²) in [5, 5.41) is 0. The van der Waals surface area contributed by atoms with Crippen LogP contribution in [0.3, 0.4) is 0 Å². The van der Waals surface area contributed by atoms with E-state index in [0.29, 0.717) is 19.4 Å². The SMILES string of the molecule is Cc1occc1CN(C)C1(CN)CCCC(C(F)(F)F)C1. The Morgan fingerprint density at radius 3 is 2.71 bits per heavy atom. The van der Waals surface area contributed by atoms with Crippen molar-refractivity contribution in [3.05, 3.63) is 23.7 Å². The highest BCUT2D eigenvalue weighted by Gasteiger charge is 2.48. The minimum atomic E-state index is -4.13. The Morgan fingerprint density at radius 1 is 1.48 bits per heavy atom. The molecule has 0 aromatic carbocycles. The summed E-state index contributed by atoms with van der Waals surface area (Å²) in [6, 6.07) is 1.86. The van der Waals surface area contributed by atoms with Crippen LogP contribution in [0.15, 0.2) is 16.7 Å². The van der Waals surface area contributed by atoms with Crippen molar-refractivity contribution in [2.75, 3.05) is 13.6 Å². The standard InChI is InChI=1S/C15H23F3N2O/c1-11-12(5-7-21-11)9-20(2)14(10-19)6-3-4-13(8-14)15(16,17)18/h5,7,13H,3-4,6,8-10,19H2,1-2H3. The number of furan rings is 1. The Hall–Kier alpha value is -1.01. The highest BCUT2D eigenvalue weighted by atomic mass is 19.4. The summed E-state index contributed by atoms with van der Waals surface area (Å²) in [5.74, 6) is -0.445. The molecule has 2 rings (SSSR count). The smallest absolute Gasteiger partial charge is 0.391 e. The first-order valence-corrected chi connectivity index (χ1v) is 7.29. The summed E-state index contributed by atoms with van der Waals surface area (Å²) in [6.07, 6.45) is -0.954. The van der Waals surface area contributed by atoms with Crippen LogP contribution >= 0.6 is 0 Å². The first kappa shape index (κ1) is 16.4. The summed E-state index contributed by atoms with van der Waals surface area (Å²) in [6.45, 7) is 2.66. The fraction of sp³-hybridized carbons (Fsp3) is 0.733. The van der Waals surface area contributed by atoms with Crippen molar-refractivity contribution in [3.8, 4) is 0 Å². The number of aryl methyl sites for hydroxylation is 1. The molecule has 2 unspecified atom stereocenters. The topological polar surface area (TPSA) is 42.4 Å². The monoisotopic (exact) mass is 304 g/mol. The lowest BCUT2D eigenvalue weighted by Gasteiger charge is -2.47. The minimum absolute atomic E-state index is 0.0837. The fourth-order valence-corrected chi connectivity index (χ4v) is 3.31. The molecule has 2 atom stereocenters. The molecular formula is C15H23F3N2O. The number of nitrogens with zero attached hydrogens (tertiary/aromatic N) is 1. The Balaban J connectivity index is 2.14. The lowest BCUT2D eigenvalue weighted by molar-refractivity contribution is -0.193. The maximum atomic E-state index is 13.1. The van der Waals surface area contributed by atoms with Gasteiger partial charge in [0.2, 0.25) is 0 Å². The van der Waals surface area contributed by atoms with E-state index in [2.05, 4.69) is 0 Å². The molecular weight excluding hydrogens is 281 g/mol. The predicted molar refractivity (Wildman–Crippen MR) is 74.7 cm³/mol. The molecule has 120 valence electrons. The van der Waals surface area contributed by atoms with E-state index < -0.39 is 17.6 Å². The Kier molecular flexibility index (Phi) is 4.68. The molecule has 0 spiro atoms. The minimum Gasteiger partial charge on any atom is -0.469 e. The number of halogens is 3. The van der Waals surface area contributed by atoms with Crippen molar-refractivity contribution in [1.82, 2.24) is 4.90 Å². The molecule has 2 N–H and O–H groups in total. The van der Waals surface area contributed by atoms with Gasteiger partial charge in [0.1, 0.15) is 5.76 Å². The van der Waals surface area contributed by atoms with Crippen LogP contribution in [0.1, 0.15) is 37.0 Å². The molecule has 0 saturated heterocycles. The van der Waals surface area contributed by atoms with Gasteiger partial charge in [0.05, 0.1) is 12.2 Å². The molecule has 1 fully saturated rings. The molecule has 3 nitrogen and oxygen atoms in total. The third kappa shape index (κ3) is 3.43. The van der Waals surface area contributed by atoms with Gasteiger partial charge >= 0.3 is 6.18 Å². The highest BCUT2D eigenvalue weighted by Crippen LogP contribution is 2.43. The van der Waals surface area contributed by atoms with Gasteiger partial charge in [0.25, 0.3) is 0 Å². The van der Waals surface area contributed by atoms with Gasteiger partial charge in [-0.15, -0.1) is 0 Å². The van der Waals surface area contributed by atoms with E-state index in [9.17, 15) is 13.2 Å². The Labute approximate surface area is 123 Å². The summed E-state index contributed by atoms with van der Waals surface area (Å²) in [5.41, 5.74) is 6.30. The van der Waals surface area contributed by atoms with Crippen LogP contribution in [-0.4, -0.2) is 30.2 Å². The normalized spacial score (nSPS) is 27.3. The van der Waals surface area contributed by atoms with Crippen molar-refractivity contribution in [2.45, 2.75) is 50.9 Å². The zero-order valence-corrected chi connectivity index (χ0v) is 12.5. The maximum absolute atomic E-state index is 13.1. The average molecular weight is 304 g/mol. The Bertz CT molecular complexity index is 472. The van der Waals surface area contributed by atoms with Gasteiger partial charge in [-0.2, -0.15) is 13.2 Å². The van der Waals surface area contributed by atoms with Gasteiger partial charge in [0, 0.05) is 24.2 Å². The number of likely N-dealkylation sites (N-methyl/N-ethyl adjacent to an activating group) is 1. The highest BCUT2D eigenvalue weighted by molar-refractivity contribution is 5.16. The molecule has 0 bridgehead atoms. The molecule has 21 heavy (non-hydrogen) atoms. The summed E-state index contributed by atoms with van der Waals surface area (Å²) in [4.78, 5) is 1.97. The second-order valence-corrected chi connectivity index (χ2v) is 6.12. The molecule has 1 aliphatic carbocycles. The van der Waals surface area contributed by atoms with Crippen molar-refractivity contribution in [1.29, 1.82) is 0 Å². The van der Waals surface area contributed by atoms with Gasteiger partial charge < -0.3 is 10.2 Å². The second-order valence-electron chi connectivity index (χ2n) is 6.12. The third-order valence-corrected chi connectivity index (χ3v) is 4.85. The van der Waals surface area contributed by atoms with Crippen LogP contribution in [0.5, 0.6) is 0 Å². The number of rotatable bonds is 4. The molecule has 1 aromatic heterocycles. The van der Waals surface area contributed by atoms with E-state index in [1.807, 2.05) is 24.9 Å². The van der Waals surface area contributed by atoms with Crippen molar-refractivity contribution in [2.24, 2.45) is 11.7 Å². The van der Waals surface area contributed by atoms with Crippen molar-refractivity contribution < 1.29 is 17.6 Å². The van der Waals surface area contributed by atoms with E-state index in [1.54, 1.807) is 6.26 Å². The number of alkyl halides is 3. The van der Waals surface area contributed by atoms with Crippen molar-refractivity contribution in [3.63, 3.8) is 0 Å². The van der Waals surface area contributed by atoms with Crippen LogP contribution in [0.2, 0.25) is 0 Å². The number of hydrogen-bond acceptors (Lipinski definition) is 3. The molecule has 1 aliphatic rings. The molecule has 1 saturated carbocycles. The quantitative estimate of drug-likeness (QED) is 0.926. The predicted octanol–water partition coefficient (Wildman–Crippen LogP) is 3.47. The molecule has 6 heteroatoms. The van der Waals surface area contributed by atoms with Crippen LogP contribution in [0.4, 0.5) is 13.2 Å². The molecule has 0 amide bonds. The lowest BCUT2D eigenvalue weighted by Crippen LogP contribution is -2.55. The van der Waals surface area contributed by atoms with Crippen LogP contribution < -0.4 is 5.73 Å². The third-order valence-electron chi connectivity index (χ3n) is 4.85. The number of hydrogen-bond donors (Lipinski definition) is 1.